The quantitative estimate of drug-likeness (QED) is 0.212. The van der Waals surface area contributed by atoms with Crippen LogP contribution in [0, 0.1) is 0 Å². The fraction of sp³-hybridized carbons (Fsp3) is 0. The van der Waals surface area contributed by atoms with Gasteiger partial charge in [0.05, 0.1) is 20.6 Å². The molecule has 0 aromatic heterocycles. The van der Waals surface area contributed by atoms with Crippen LogP contribution in [0.2, 0.25) is 0 Å². The van der Waals surface area contributed by atoms with Crippen molar-refractivity contribution in [3.05, 3.63) is 24.3 Å². The summed E-state index contributed by atoms with van der Waals surface area (Å²) in [7, 11) is -14.7. The molecule has 0 spiro atoms. The molecular weight excluding hydrogens is 441 g/mol. The van der Waals surface area contributed by atoms with Gasteiger partial charge in [0.1, 0.15) is 4.90 Å². The van der Waals surface area contributed by atoms with Crippen LogP contribution in [0.5, 0.6) is 0 Å². The number of benzene rings is 2. The number of nitrogens with zero attached hydrogens (tertiary/aromatic N) is 1. The van der Waals surface area contributed by atoms with E-state index in [9.17, 15) is 29.8 Å². The van der Waals surface area contributed by atoms with E-state index in [1.807, 2.05) is 5.16 Å². The van der Waals surface area contributed by atoms with E-state index in [0.29, 0.717) is 6.07 Å². The molecule has 26 heavy (non-hydrogen) atoms. The zero-order valence-electron chi connectivity index (χ0n) is 12.7. The van der Waals surface area contributed by atoms with Gasteiger partial charge in [-0.3, -0.25) is 13.7 Å². The molecule has 2 aromatic rings. The summed E-state index contributed by atoms with van der Waals surface area (Å²) >= 11 is 4.38. The number of rotatable bonds is 4. The maximum absolute atomic E-state index is 11.6. The molecule has 0 bridgehead atoms. The van der Waals surface area contributed by atoms with Crippen molar-refractivity contribution in [3.8, 4) is 0 Å². The Morgan fingerprint density at radius 1 is 0.808 bits per heavy atom. The van der Waals surface area contributed by atoms with Gasteiger partial charge in [0.25, 0.3) is 30.4 Å². The molecule has 0 saturated heterocycles. The summed E-state index contributed by atoms with van der Waals surface area (Å²) in [6.45, 7) is 0. The molecule has 0 aliphatic heterocycles. The number of thiocarbonyl (C=S) groups is 1. The molecule has 0 atom stereocenters. The molecule has 0 unspecified atom stereocenters. The molecule has 0 radical (unpaired) electrons. The van der Waals surface area contributed by atoms with Crippen LogP contribution >= 0.6 is 12.2 Å². The molecule has 2 rings (SSSR count). The first-order valence-electron chi connectivity index (χ1n) is 5.87. The van der Waals surface area contributed by atoms with E-state index in [1.165, 1.54) is 0 Å². The second-order valence-corrected chi connectivity index (χ2v) is 9.01. The number of fused-ring (bicyclic) bond motifs is 1. The number of hydrogen-bond donors (Lipinski definition) is 3. The first kappa shape index (κ1) is 23.3. The molecule has 15 heteroatoms. The van der Waals surface area contributed by atoms with Crippen LogP contribution in [-0.4, -0.2) is 44.1 Å². The van der Waals surface area contributed by atoms with Crippen LogP contribution < -0.4 is 29.6 Å². The van der Waals surface area contributed by atoms with Crippen LogP contribution in [0.3, 0.4) is 0 Å². The van der Waals surface area contributed by atoms with E-state index in [0.717, 1.165) is 18.2 Å². The van der Waals surface area contributed by atoms with E-state index >= 15 is 0 Å². The SMILES string of the molecule is O=S(=O)(O)c1cc(N=C=S)c2c(S(=O)(=O)O)cc(S(=O)(=O)O)cc2c1.[Na+]. The van der Waals surface area contributed by atoms with Crippen molar-refractivity contribution in [2.45, 2.75) is 14.7 Å². The predicted molar refractivity (Wildman–Crippen MR) is 88.1 cm³/mol. The Morgan fingerprint density at radius 3 is 1.65 bits per heavy atom. The minimum Gasteiger partial charge on any atom is -0.282 e. The maximum Gasteiger partial charge on any atom is 1.00 e. The van der Waals surface area contributed by atoms with Crippen molar-refractivity contribution in [2.75, 3.05) is 0 Å². The summed E-state index contributed by atoms with van der Waals surface area (Å²) in [4.78, 5) is 0.823. The summed E-state index contributed by atoms with van der Waals surface area (Å²) in [5.74, 6) is 0. The molecule has 2 aromatic carbocycles. The molecule has 10 nitrogen and oxygen atoms in total. The average Bonchev–Trinajstić information content (AvgIpc) is 2.43. The Labute approximate surface area is 175 Å². The van der Waals surface area contributed by atoms with Gasteiger partial charge in [-0.15, -0.1) is 0 Å². The van der Waals surface area contributed by atoms with E-state index in [2.05, 4.69) is 17.2 Å². The summed E-state index contributed by atoms with van der Waals surface area (Å²) in [6.07, 6.45) is 0. The Balaban J connectivity index is 0.00000338. The van der Waals surface area contributed by atoms with Gasteiger partial charge >= 0.3 is 29.6 Å². The van der Waals surface area contributed by atoms with E-state index in [-0.39, 0.29) is 40.3 Å². The summed E-state index contributed by atoms with van der Waals surface area (Å²) in [5.41, 5.74) is -0.422. The monoisotopic (exact) mass is 448 g/mol. The van der Waals surface area contributed by atoms with Crippen LogP contribution in [-0.2, 0) is 30.4 Å². The van der Waals surface area contributed by atoms with Gasteiger partial charge in [-0.05, 0) is 41.9 Å². The third-order valence-corrected chi connectivity index (χ3v) is 5.61. The Bertz CT molecular complexity index is 1260. The standard InChI is InChI=1S/C11H7NO9S4.Na/c13-23(14,15)7-1-6-2-8(24(16,17)18)4-10(25(19,20)21)11(6)9(3-7)12-5-22;/h1-4H,(H,13,14,15)(H,16,17,18)(H,19,20,21);/q;+1. The first-order chi connectivity index (χ1) is 11.2. The van der Waals surface area contributed by atoms with Crippen molar-refractivity contribution in [1.82, 2.24) is 0 Å². The summed E-state index contributed by atoms with van der Waals surface area (Å²) < 4.78 is 96.1. The van der Waals surface area contributed by atoms with Gasteiger partial charge < -0.3 is 0 Å². The van der Waals surface area contributed by atoms with Crippen molar-refractivity contribution >= 4 is 64.2 Å². The topological polar surface area (TPSA) is 175 Å². The molecule has 134 valence electrons. The first-order valence-corrected chi connectivity index (χ1v) is 10.6. The van der Waals surface area contributed by atoms with Crippen LogP contribution in [0.4, 0.5) is 5.69 Å². The number of hydrogen-bond acceptors (Lipinski definition) is 8. The predicted octanol–water partition coefficient (Wildman–Crippen LogP) is -1.68. The third kappa shape index (κ3) is 4.94. The normalized spacial score (nSPS) is 12.3. The molecular formula is C11H7NNaO9S4+. The Hall–Kier alpha value is -0.770. The van der Waals surface area contributed by atoms with E-state index in [4.69, 9.17) is 9.11 Å². The van der Waals surface area contributed by atoms with Crippen molar-refractivity contribution in [2.24, 2.45) is 4.99 Å². The van der Waals surface area contributed by atoms with Crippen LogP contribution in [0.25, 0.3) is 10.8 Å². The fourth-order valence-electron chi connectivity index (χ4n) is 2.04. The summed E-state index contributed by atoms with van der Waals surface area (Å²) in [6, 6.07) is 2.67. The molecule has 0 aliphatic rings. The van der Waals surface area contributed by atoms with Crippen molar-refractivity contribution in [3.63, 3.8) is 0 Å². The Kier molecular flexibility index (Phi) is 6.88. The average molecular weight is 448 g/mol. The van der Waals surface area contributed by atoms with Gasteiger partial charge in [0, 0.05) is 5.39 Å². The largest absolute Gasteiger partial charge is 1.00 e. The zero-order valence-corrected chi connectivity index (χ0v) is 17.9. The van der Waals surface area contributed by atoms with Gasteiger partial charge in [-0.25, -0.2) is 0 Å². The molecule has 3 N–H and O–H groups in total. The van der Waals surface area contributed by atoms with Crippen LogP contribution in [0.1, 0.15) is 0 Å². The molecule has 0 aliphatic carbocycles. The minimum atomic E-state index is -5.01. The van der Waals surface area contributed by atoms with Crippen LogP contribution in [0.15, 0.2) is 43.9 Å². The number of aliphatic imine (C=N–C) groups is 1. The molecule has 0 amide bonds. The van der Waals surface area contributed by atoms with E-state index in [1.54, 1.807) is 0 Å². The van der Waals surface area contributed by atoms with E-state index < -0.39 is 50.7 Å². The van der Waals surface area contributed by atoms with Crippen molar-refractivity contribution in [1.29, 1.82) is 0 Å². The Morgan fingerprint density at radius 2 is 1.27 bits per heavy atom. The van der Waals surface area contributed by atoms with Gasteiger partial charge in [0.15, 0.2) is 0 Å². The second kappa shape index (κ2) is 7.69. The number of isothiocyanates is 1. The molecule has 0 saturated carbocycles. The second-order valence-electron chi connectivity index (χ2n) is 4.59. The smallest absolute Gasteiger partial charge is 0.282 e. The van der Waals surface area contributed by atoms with Crippen molar-refractivity contribution < 1.29 is 68.5 Å². The van der Waals surface area contributed by atoms with Gasteiger partial charge in [-0.2, -0.15) is 30.2 Å². The zero-order chi connectivity index (χ0) is 19.2. The minimum absolute atomic E-state index is 0. The fourth-order valence-corrected chi connectivity index (χ4v) is 4.05. The van der Waals surface area contributed by atoms with Gasteiger partial charge in [-0.1, -0.05) is 0 Å². The summed E-state index contributed by atoms with van der Waals surface area (Å²) in [5, 5.41) is 1.10. The maximum atomic E-state index is 11.6. The third-order valence-electron chi connectivity index (χ3n) is 2.98. The molecule has 0 heterocycles. The van der Waals surface area contributed by atoms with Gasteiger partial charge in [0.2, 0.25) is 0 Å². The molecule has 0 fully saturated rings.